The Bertz CT molecular complexity index is 609. The molecule has 1 aromatic carbocycles. The number of ketones is 1. The van der Waals surface area contributed by atoms with Crippen molar-refractivity contribution in [2.24, 2.45) is 10.4 Å². The van der Waals surface area contributed by atoms with E-state index < -0.39 is 0 Å². The summed E-state index contributed by atoms with van der Waals surface area (Å²) in [5.74, 6) is -0.00778. The van der Waals surface area contributed by atoms with Crippen LogP contribution in [0.4, 0.5) is 0 Å². The van der Waals surface area contributed by atoms with Gasteiger partial charge in [0.05, 0.1) is 11.3 Å². The SMILES string of the molecule is CC1(C)CN=C(C2=C(O)c3ccccc3C2=O)C1. The molecule has 3 heteroatoms. The number of rotatable bonds is 1. The van der Waals surface area contributed by atoms with E-state index >= 15 is 0 Å². The molecule has 1 aliphatic heterocycles. The van der Waals surface area contributed by atoms with Gasteiger partial charge in [0, 0.05) is 17.7 Å². The quantitative estimate of drug-likeness (QED) is 0.821. The van der Waals surface area contributed by atoms with Gasteiger partial charge in [-0.3, -0.25) is 9.79 Å². The third-order valence-corrected chi connectivity index (χ3v) is 3.52. The van der Waals surface area contributed by atoms with Crippen LogP contribution < -0.4 is 0 Å². The highest BCUT2D eigenvalue weighted by molar-refractivity contribution is 6.35. The average Bonchev–Trinajstić information content (AvgIpc) is 2.80. The number of benzene rings is 1. The lowest BCUT2D eigenvalue weighted by atomic mass is 9.88. The zero-order chi connectivity index (χ0) is 12.9. The van der Waals surface area contributed by atoms with Crippen LogP contribution in [0, 0.1) is 5.41 Å². The predicted molar refractivity (Wildman–Crippen MR) is 71.0 cm³/mol. The van der Waals surface area contributed by atoms with Crippen molar-refractivity contribution in [2.45, 2.75) is 20.3 Å². The van der Waals surface area contributed by atoms with Crippen LogP contribution in [0.2, 0.25) is 0 Å². The molecule has 1 aromatic rings. The number of hydrogen-bond donors (Lipinski definition) is 1. The molecule has 0 saturated heterocycles. The summed E-state index contributed by atoms with van der Waals surface area (Å²) in [5.41, 5.74) is 2.44. The highest BCUT2D eigenvalue weighted by Gasteiger charge is 2.37. The molecule has 0 saturated carbocycles. The van der Waals surface area contributed by atoms with Gasteiger partial charge in [-0.05, 0) is 11.8 Å². The molecule has 0 aromatic heterocycles. The van der Waals surface area contributed by atoms with Gasteiger partial charge in [-0.25, -0.2) is 0 Å². The lowest BCUT2D eigenvalue weighted by molar-refractivity contribution is 0.104. The Hall–Kier alpha value is -1.90. The van der Waals surface area contributed by atoms with Crippen LogP contribution in [0.15, 0.2) is 34.8 Å². The van der Waals surface area contributed by atoms with E-state index in [9.17, 15) is 9.90 Å². The second-order valence-electron chi connectivity index (χ2n) is 5.70. The van der Waals surface area contributed by atoms with Gasteiger partial charge in [0.15, 0.2) is 5.78 Å². The molecule has 3 nitrogen and oxygen atoms in total. The number of Topliss-reactive ketones (excluding diaryl/α,β-unsaturated/α-hetero) is 1. The maximum absolute atomic E-state index is 12.3. The number of carbonyl (C=O) groups is 1. The van der Waals surface area contributed by atoms with Crippen LogP contribution in [0.25, 0.3) is 5.76 Å². The molecule has 3 rings (SSSR count). The van der Waals surface area contributed by atoms with Crippen molar-refractivity contribution < 1.29 is 9.90 Å². The van der Waals surface area contributed by atoms with E-state index in [4.69, 9.17) is 0 Å². The predicted octanol–water partition coefficient (Wildman–Crippen LogP) is 3.02. The van der Waals surface area contributed by atoms with Gasteiger partial charge in [0.2, 0.25) is 0 Å². The lowest BCUT2D eigenvalue weighted by Gasteiger charge is -2.14. The molecule has 0 atom stereocenters. The van der Waals surface area contributed by atoms with Gasteiger partial charge < -0.3 is 5.11 Å². The zero-order valence-electron chi connectivity index (χ0n) is 10.5. The largest absolute Gasteiger partial charge is 0.506 e. The van der Waals surface area contributed by atoms with Crippen LogP contribution in [0.3, 0.4) is 0 Å². The van der Waals surface area contributed by atoms with E-state index in [1.807, 2.05) is 12.1 Å². The van der Waals surface area contributed by atoms with Crippen LogP contribution in [0.1, 0.15) is 36.2 Å². The van der Waals surface area contributed by atoms with Crippen molar-refractivity contribution >= 4 is 17.3 Å². The molecular weight excluding hydrogens is 226 g/mol. The number of fused-ring (bicyclic) bond motifs is 1. The van der Waals surface area contributed by atoms with Crippen LogP contribution in [0.5, 0.6) is 0 Å². The van der Waals surface area contributed by atoms with Crippen LogP contribution >= 0.6 is 0 Å². The second-order valence-corrected chi connectivity index (χ2v) is 5.70. The summed E-state index contributed by atoms with van der Waals surface area (Å²) in [6, 6.07) is 7.16. The smallest absolute Gasteiger partial charge is 0.199 e. The summed E-state index contributed by atoms with van der Waals surface area (Å²) < 4.78 is 0. The number of aliphatic hydroxyl groups excluding tert-OH is 1. The van der Waals surface area contributed by atoms with Gasteiger partial charge in [-0.2, -0.15) is 0 Å². The molecule has 0 amide bonds. The minimum atomic E-state index is -0.0976. The minimum absolute atomic E-state index is 0.0810. The number of aliphatic imine (C=N–C) groups is 1. The Balaban J connectivity index is 2.06. The molecule has 0 radical (unpaired) electrons. The van der Waals surface area contributed by atoms with E-state index in [-0.39, 0.29) is 17.0 Å². The fourth-order valence-corrected chi connectivity index (χ4v) is 2.57. The molecule has 0 spiro atoms. The number of carbonyl (C=O) groups excluding carboxylic acids is 1. The molecule has 1 aliphatic carbocycles. The number of allylic oxidation sites excluding steroid dienone is 1. The first-order chi connectivity index (χ1) is 8.49. The molecule has 0 unspecified atom stereocenters. The minimum Gasteiger partial charge on any atom is -0.506 e. The van der Waals surface area contributed by atoms with Gasteiger partial charge in [-0.15, -0.1) is 0 Å². The normalized spacial score (nSPS) is 21.2. The molecule has 1 N–H and O–H groups in total. The Morgan fingerprint density at radius 3 is 2.44 bits per heavy atom. The maximum Gasteiger partial charge on any atom is 0.199 e. The van der Waals surface area contributed by atoms with E-state index in [1.54, 1.807) is 12.1 Å². The third kappa shape index (κ3) is 1.50. The van der Waals surface area contributed by atoms with E-state index in [2.05, 4.69) is 18.8 Å². The molecule has 1 heterocycles. The maximum atomic E-state index is 12.3. The molecule has 0 fully saturated rings. The molecular formula is C15H15NO2. The van der Waals surface area contributed by atoms with Gasteiger partial charge in [0.1, 0.15) is 5.76 Å². The van der Waals surface area contributed by atoms with E-state index in [0.717, 1.165) is 12.1 Å². The Morgan fingerprint density at radius 2 is 1.89 bits per heavy atom. The number of aliphatic hydroxyl groups is 1. The summed E-state index contributed by atoms with van der Waals surface area (Å²) in [7, 11) is 0. The van der Waals surface area contributed by atoms with Gasteiger partial charge in [-0.1, -0.05) is 38.1 Å². The fraction of sp³-hybridized carbons (Fsp3) is 0.333. The van der Waals surface area contributed by atoms with Crippen molar-refractivity contribution in [2.75, 3.05) is 6.54 Å². The first-order valence-corrected chi connectivity index (χ1v) is 6.11. The summed E-state index contributed by atoms with van der Waals surface area (Å²) in [6.45, 7) is 4.95. The summed E-state index contributed by atoms with van der Waals surface area (Å²) in [5, 5.41) is 10.2. The first kappa shape index (κ1) is 11.2. The zero-order valence-corrected chi connectivity index (χ0v) is 10.5. The van der Waals surface area contributed by atoms with Crippen molar-refractivity contribution in [1.82, 2.24) is 0 Å². The molecule has 92 valence electrons. The second kappa shape index (κ2) is 3.55. The Labute approximate surface area is 106 Å². The van der Waals surface area contributed by atoms with Crippen molar-refractivity contribution in [1.29, 1.82) is 0 Å². The molecule has 18 heavy (non-hydrogen) atoms. The third-order valence-electron chi connectivity index (χ3n) is 3.52. The van der Waals surface area contributed by atoms with E-state index in [1.165, 1.54) is 0 Å². The summed E-state index contributed by atoms with van der Waals surface area (Å²) in [6.07, 6.45) is 0.742. The summed E-state index contributed by atoms with van der Waals surface area (Å²) in [4.78, 5) is 16.7. The monoisotopic (exact) mass is 241 g/mol. The van der Waals surface area contributed by atoms with Gasteiger partial charge in [0.25, 0.3) is 0 Å². The van der Waals surface area contributed by atoms with Crippen LogP contribution in [-0.4, -0.2) is 23.1 Å². The van der Waals surface area contributed by atoms with Crippen LogP contribution in [-0.2, 0) is 0 Å². The molecule has 2 aliphatic rings. The van der Waals surface area contributed by atoms with Crippen molar-refractivity contribution in [3.05, 3.63) is 41.0 Å². The Morgan fingerprint density at radius 1 is 1.22 bits per heavy atom. The topological polar surface area (TPSA) is 49.7 Å². The summed E-state index contributed by atoms with van der Waals surface area (Å²) >= 11 is 0. The fourth-order valence-electron chi connectivity index (χ4n) is 2.57. The lowest BCUT2D eigenvalue weighted by Crippen LogP contribution is -2.15. The molecule has 0 bridgehead atoms. The van der Waals surface area contributed by atoms with Gasteiger partial charge >= 0.3 is 0 Å². The first-order valence-electron chi connectivity index (χ1n) is 6.11. The van der Waals surface area contributed by atoms with Crippen molar-refractivity contribution in [3.8, 4) is 0 Å². The average molecular weight is 241 g/mol. The number of hydrogen-bond acceptors (Lipinski definition) is 3. The Kier molecular flexibility index (Phi) is 2.21. The standard InChI is InChI=1S/C15H15NO2/c1-15(2)7-11(16-8-15)12-13(17)9-5-3-4-6-10(9)14(12)18/h3-6,17H,7-8H2,1-2H3. The van der Waals surface area contributed by atoms with Crippen molar-refractivity contribution in [3.63, 3.8) is 0 Å². The number of nitrogens with zero attached hydrogens (tertiary/aromatic N) is 1. The highest BCUT2D eigenvalue weighted by atomic mass is 16.3. The highest BCUT2D eigenvalue weighted by Crippen LogP contribution is 2.37. The van der Waals surface area contributed by atoms with E-state index in [0.29, 0.717) is 23.2 Å².